The molecule has 1 fully saturated rings. The van der Waals surface area contributed by atoms with Crippen LogP contribution in [0.15, 0.2) is 24.3 Å². The molecule has 1 heterocycles. The molecule has 1 aliphatic rings. The van der Waals surface area contributed by atoms with Crippen LogP contribution in [0, 0.1) is 5.41 Å². The Labute approximate surface area is 130 Å². The van der Waals surface area contributed by atoms with Crippen LogP contribution in [-0.2, 0) is 4.79 Å². The Morgan fingerprint density at radius 2 is 1.82 bits per heavy atom. The number of carboxylic acids is 1. The largest absolute Gasteiger partial charge is 0.488 e. The summed E-state index contributed by atoms with van der Waals surface area (Å²) >= 11 is 0. The van der Waals surface area contributed by atoms with Crippen molar-refractivity contribution in [2.45, 2.75) is 39.7 Å². The molecule has 0 saturated carbocycles. The molecule has 1 aliphatic heterocycles. The first-order valence-corrected chi connectivity index (χ1v) is 7.42. The lowest BCUT2D eigenvalue weighted by molar-refractivity contribution is -0.147. The van der Waals surface area contributed by atoms with Crippen molar-refractivity contribution in [2.24, 2.45) is 5.41 Å². The lowest BCUT2D eigenvalue weighted by Crippen LogP contribution is -2.34. The van der Waals surface area contributed by atoms with E-state index in [2.05, 4.69) is 0 Å². The highest BCUT2D eigenvalue weighted by molar-refractivity contribution is 5.95. The smallest absolute Gasteiger partial charge is 0.311 e. The number of hydrogen-bond donors (Lipinski definition) is 1. The molecule has 0 bridgehead atoms. The van der Waals surface area contributed by atoms with Gasteiger partial charge in [-0.25, -0.2) is 0 Å². The van der Waals surface area contributed by atoms with Gasteiger partial charge in [-0.2, -0.15) is 0 Å². The number of benzene rings is 1. The van der Waals surface area contributed by atoms with Gasteiger partial charge < -0.3 is 14.7 Å². The normalized spacial score (nSPS) is 21.7. The number of carboxylic acid groups (broad SMARTS) is 1. The fraction of sp³-hybridized carbons (Fsp3) is 0.529. The average molecular weight is 305 g/mol. The number of nitrogens with zero attached hydrogens (tertiary/aromatic N) is 1. The van der Waals surface area contributed by atoms with Crippen LogP contribution >= 0.6 is 0 Å². The van der Waals surface area contributed by atoms with E-state index in [-0.39, 0.29) is 18.1 Å². The van der Waals surface area contributed by atoms with Gasteiger partial charge >= 0.3 is 5.97 Å². The molecule has 0 spiro atoms. The van der Waals surface area contributed by atoms with E-state index in [0.29, 0.717) is 24.3 Å². The summed E-state index contributed by atoms with van der Waals surface area (Å²) in [6, 6.07) is 6.98. The monoisotopic (exact) mass is 305 g/mol. The topological polar surface area (TPSA) is 66.8 Å². The van der Waals surface area contributed by atoms with Crippen molar-refractivity contribution in [3.8, 4) is 5.75 Å². The van der Waals surface area contributed by atoms with Gasteiger partial charge in [0.1, 0.15) is 11.4 Å². The van der Waals surface area contributed by atoms with E-state index >= 15 is 0 Å². The van der Waals surface area contributed by atoms with Crippen molar-refractivity contribution < 1.29 is 19.4 Å². The van der Waals surface area contributed by atoms with Crippen LogP contribution in [0.5, 0.6) is 5.75 Å². The van der Waals surface area contributed by atoms with E-state index < -0.39 is 11.4 Å². The molecule has 1 N–H and O–H groups in total. The Hall–Kier alpha value is -2.04. The van der Waals surface area contributed by atoms with Gasteiger partial charge in [-0.15, -0.1) is 0 Å². The van der Waals surface area contributed by atoms with Crippen molar-refractivity contribution >= 4 is 11.9 Å². The lowest BCUT2D eigenvalue weighted by Gasteiger charge is -2.22. The number of rotatable bonds is 3. The molecule has 1 unspecified atom stereocenters. The fourth-order valence-electron chi connectivity index (χ4n) is 2.51. The van der Waals surface area contributed by atoms with Crippen molar-refractivity contribution in [2.75, 3.05) is 13.1 Å². The van der Waals surface area contributed by atoms with E-state index in [1.54, 1.807) is 36.1 Å². The van der Waals surface area contributed by atoms with Gasteiger partial charge in [0.2, 0.25) is 0 Å². The zero-order valence-electron chi connectivity index (χ0n) is 13.5. The standard InChI is InChI=1S/C17H23NO4/c1-16(2,3)22-13-7-5-12(6-8-13)14(19)18-10-9-17(4,11-18)15(20)21/h5-8H,9-11H2,1-4H3,(H,20,21). The predicted molar refractivity (Wildman–Crippen MR) is 83.1 cm³/mol. The number of hydrogen-bond acceptors (Lipinski definition) is 3. The van der Waals surface area contributed by atoms with Gasteiger partial charge in [0.15, 0.2) is 0 Å². The maximum atomic E-state index is 12.4. The van der Waals surface area contributed by atoms with E-state index in [0.717, 1.165) is 0 Å². The molecule has 1 aromatic carbocycles. The Balaban J connectivity index is 2.06. The van der Waals surface area contributed by atoms with Gasteiger partial charge in [0.05, 0.1) is 5.41 Å². The molecular weight excluding hydrogens is 282 g/mol. The van der Waals surface area contributed by atoms with Crippen LogP contribution in [0.2, 0.25) is 0 Å². The Morgan fingerprint density at radius 3 is 2.27 bits per heavy atom. The number of aliphatic carboxylic acids is 1. The van der Waals surface area contributed by atoms with Crippen molar-refractivity contribution in [1.29, 1.82) is 0 Å². The van der Waals surface area contributed by atoms with Gasteiger partial charge in [-0.05, 0) is 58.4 Å². The number of carbonyl (C=O) groups is 2. The van der Waals surface area contributed by atoms with Gasteiger partial charge in [-0.1, -0.05) is 0 Å². The summed E-state index contributed by atoms with van der Waals surface area (Å²) in [5.74, 6) is -0.273. The van der Waals surface area contributed by atoms with Crippen LogP contribution in [0.3, 0.4) is 0 Å². The van der Waals surface area contributed by atoms with Crippen LogP contribution in [-0.4, -0.2) is 40.6 Å². The van der Waals surface area contributed by atoms with Crippen LogP contribution in [0.4, 0.5) is 0 Å². The predicted octanol–water partition coefficient (Wildman–Crippen LogP) is 2.80. The molecule has 22 heavy (non-hydrogen) atoms. The van der Waals surface area contributed by atoms with Crippen LogP contribution < -0.4 is 4.74 Å². The third-order valence-electron chi connectivity index (χ3n) is 3.80. The fourth-order valence-corrected chi connectivity index (χ4v) is 2.51. The molecule has 0 radical (unpaired) electrons. The molecule has 5 nitrogen and oxygen atoms in total. The molecule has 1 saturated heterocycles. The second-order valence-electron chi connectivity index (χ2n) is 7.08. The molecule has 1 amide bonds. The zero-order chi connectivity index (χ0) is 16.5. The highest BCUT2D eigenvalue weighted by Gasteiger charge is 2.42. The second-order valence-corrected chi connectivity index (χ2v) is 7.08. The van der Waals surface area contributed by atoms with E-state index in [1.165, 1.54) is 0 Å². The van der Waals surface area contributed by atoms with Crippen molar-refractivity contribution in [3.05, 3.63) is 29.8 Å². The molecule has 2 rings (SSSR count). The lowest BCUT2D eigenvalue weighted by atomic mass is 9.90. The molecular formula is C17H23NO4. The van der Waals surface area contributed by atoms with E-state index in [1.807, 2.05) is 20.8 Å². The third kappa shape index (κ3) is 3.59. The summed E-state index contributed by atoms with van der Waals surface area (Å²) in [5, 5.41) is 9.23. The minimum Gasteiger partial charge on any atom is -0.488 e. The Kier molecular flexibility index (Phi) is 4.18. The number of amides is 1. The summed E-state index contributed by atoms with van der Waals surface area (Å²) in [7, 11) is 0. The second kappa shape index (κ2) is 5.63. The number of ether oxygens (including phenoxy) is 1. The third-order valence-corrected chi connectivity index (χ3v) is 3.80. The van der Waals surface area contributed by atoms with Gasteiger partial charge in [0.25, 0.3) is 5.91 Å². The molecule has 0 aliphatic carbocycles. The van der Waals surface area contributed by atoms with Crippen LogP contribution in [0.25, 0.3) is 0 Å². The summed E-state index contributed by atoms with van der Waals surface area (Å²) < 4.78 is 5.72. The first-order valence-electron chi connectivity index (χ1n) is 7.42. The first-order chi connectivity index (χ1) is 10.1. The summed E-state index contributed by atoms with van der Waals surface area (Å²) in [6.45, 7) is 8.29. The highest BCUT2D eigenvalue weighted by Crippen LogP contribution is 2.31. The maximum Gasteiger partial charge on any atom is 0.311 e. The molecule has 1 aromatic rings. The van der Waals surface area contributed by atoms with Gasteiger partial charge in [-0.3, -0.25) is 9.59 Å². The quantitative estimate of drug-likeness (QED) is 0.932. The summed E-state index contributed by atoms with van der Waals surface area (Å²) in [4.78, 5) is 25.3. The van der Waals surface area contributed by atoms with E-state index in [4.69, 9.17) is 4.74 Å². The SMILES string of the molecule is CC(C)(C)Oc1ccc(C(=O)N2CCC(C)(C(=O)O)C2)cc1. The maximum absolute atomic E-state index is 12.4. The molecule has 0 aromatic heterocycles. The Morgan fingerprint density at radius 1 is 1.23 bits per heavy atom. The van der Waals surface area contributed by atoms with E-state index in [9.17, 15) is 14.7 Å². The zero-order valence-corrected chi connectivity index (χ0v) is 13.5. The van der Waals surface area contributed by atoms with Gasteiger partial charge in [0, 0.05) is 18.7 Å². The molecule has 1 atom stereocenters. The minimum atomic E-state index is -0.850. The Bertz CT molecular complexity index is 573. The summed E-state index contributed by atoms with van der Waals surface area (Å²) in [6.07, 6.45) is 0.485. The number of likely N-dealkylation sites (tertiary alicyclic amines) is 1. The molecule has 120 valence electrons. The van der Waals surface area contributed by atoms with Crippen molar-refractivity contribution in [3.63, 3.8) is 0 Å². The highest BCUT2D eigenvalue weighted by atomic mass is 16.5. The average Bonchev–Trinajstić information content (AvgIpc) is 2.81. The summed E-state index contributed by atoms with van der Waals surface area (Å²) in [5.41, 5.74) is -0.578. The van der Waals surface area contributed by atoms with Crippen molar-refractivity contribution in [1.82, 2.24) is 4.90 Å². The number of carbonyl (C=O) groups excluding carboxylic acids is 1. The first kappa shape index (κ1) is 16.3. The van der Waals surface area contributed by atoms with Crippen LogP contribution in [0.1, 0.15) is 44.5 Å². The molecule has 5 heteroatoms. The minimum absolute atomic E-state index is 0.132.